The Morgan fingerprint density at radius 3 is 1.29 bits per heavy atom. The lowest BCUT2D eigenvalue weighted by atomic mass is 10.0. The van der Waals surface area contributed by atoms with E-state index in [1.807, 2.05) is 0 Å². The summed E-state index contributed by atoms with van der Waals surface area (Å²) in [4.78, 5) is 26.2. The third kappa shape index (κ3) is 46.2. The van der Waals surface area contributed by atoms with E-state index in [0.29, 0.717) is 19.3 Å². The van der Waals surface area contributed by atoms with Gasteiger partial charge in [-0.15, -0.1) is 0 Å². The smallest absolute Gasteiger partial charge is 0.306 e. The van der Waals surface area contributed by atoms with Crippen molar-refractivity contribution in [1.82, 2.24) is 5.32 Å². The largest absolute Gasteiger partial charge is 0.462 e. The van der Waals surface area contributed by atoms with Crippen LogP contribution in [0.25, 0.3) is 0 Å². The van der Waals surface area contributed by atoms with Crippen LogP contribution in [0.4, 0.5) is 0 Å². The summed E-state index contributed by atoms with van der Waals surface area (Å²) in [6, 6.07) is -0.706. The van der Waals surface area contributed by atoms with Crippen molar-refractivity contribution in [1.29, 1.82) is 0 Å². The number of allylic oxidation sites excluding steroid dienone is 8. The van der Waals surface area contributed by atoms with E-state index in [1.54, 1.807) is 0 Å². The molecule has 0 heterocycles. The minimum absolute atomic E-state index is 0.0673. The van der Waals surface area contributed by atoms with E-state index < -0.39 is 18.2 Å². The van der Waals surface area contributed by atoms with Gasteiger partial charge in [0.05, 0.1) is 25.2 Å². The second-order valence-corrected chi connectivity index (χ2v) is 18.6. The average Bonchev–Trinajstić information content (AvgIpc) is 3.28. The molecule has 0 saturated carbocycles. The molecule has 3 N–H and O–H groups in total. The molecule has 0 spiro atoms. The molecule has 0 radical (unpaired) electrons. The van der Waals surface area contributed by atoms with Crippen LogP contribution in [0.15, 0.2) is 48.6 Å². The summed E-state index contributed by atoms with van der Waals surface area (Å²) in [5.74, 6) is -0.489. The molecule has 0 aliphatic heterocycles. The lowest BCUT2D eigenvalue weighted by Gasteiger charge is -2.24. The van der Waals surface area contributed by atoms with Gasteiger partial charge in [-0.1, -0.05) is 223 Å². The number of aliphatic hydroxyl groups excluding tert-OH is 2. The van der Waals surface area contributed by atoms with Gasteiger partial charge >= 0.3 is 5.97 Å². The molecule has 0 bridgehead atoms. The van der Waals surface area contributed by atoms with Gasteiger partial charge in [0, 0.05) is 6.42 Å². The van der Waals surface area contributed by atoms with Crippen LogP contribution in [-0.4, -0.2) is 46.9 Å². The fourth-order valence-electron chi connectivity index (χ4n) is 8.20. The maximum atomic E-state index is 13.2. The van der Waals surface area contributed by atoms with Gasteiger partial charge in [0.1, 0.15) is 6.10 Å². The van der Waals surface area contributed by atoms with Gasteiger partial charge in [-0.2, -0.15) is 0 Å². The topological polar surface area (TPSA) is 95.9 Å². The maximum absolute atomic E-state index is 13.2. The van der Waals surface area contributed by atoms with E-state index in [0.717, 1.165) is 83.5 Å². The van der Waals surface area contributed by atoms with Crippen molar-refractivity contribution >= 4 is 11.9 Å². The molecule has 3 unspecified atom stereocenters. The number of ether oxygens (including phenoxy) is 1. The predicted octanol–water partition coefficient (Wildman–Crippen LogP) is 16.6. The fraction of sp³-hybridized carbons (Fsp3) is 0.825. The van der Waals surface area contributed by atoms with Gasteiger partial charge in [0.25, 0.3) is 0 Å². The monoisotopic (exact) mass is 884 g/mol. The Labute approximate surface area is 391 Å². The molecule has 1 amide bonds. The highest BCUT2D eigenvalue weighted by Gasteiger charge is 2.24. The minimum Gasteiger partial charge on any atom is -0.462 e. The first-order valence-corrected chi connectivity index (χ1v) is 27.4. The van der Waals surface area contributed by atoms with E-state index in [1.165, 1.54) is 148 Å². The van der Waals surface area contributed by atoms with Crippen LogP contribution >= 0.6 is 0 Å². The first-order valence-electron chi connectivity index (χ1n) is 27.4. The summed E-state index contributed by atoms with van der Waals surface area (Å²) in [5.41, 5.74) is 0. The average molecular weight is 884 g/mol. The van der Waals surface area contributed by atoms with Gasteiger partial charge in [-0.05, 0) is 89.9 Å². The van der Waals surface area contributed by atoms with Crippen molar-refractivity contribution in [2.45, 2.75) is 296 Å². The number of esters is 1. The molecule has 6 nitrogen and oxygen atoms in total. The molecule has 0 fully saturated rings. The maximum Gasteiger partial charge on any atom is 0.306 e. The molecule has 368 valence electrons. The second-order valence-electron chi connectivity index (χ2n) is 18.6. The first-order chi connectivity index (χ1) is 31.0. The van der Waals surface area contributed by atoms with E-state index in [-0.39, 0.29) is 24.9 Å². The second kappa shape index (κ2) is 50.8. The zero-order valence-electron chi connectivity index (χ0n) is 42.0. The van der Waals surface area contributed by atoms with Gasteiger partial charge < -0.3 is 20.3 Å². The van der Waals surface area contributed by atoms with Crippen LogP contribution in [0.3, 0.4) is 0 Å². The van der Waals surface area contributed by atoms with Crippen molar-refractivity contribution in [2.75, 3.05) is 6.61 Å². The van der Waals surface area contributed by atoms with E-state index in [9.17, 15) is 19.8 Å². The van der Waals surface area contributed by atoms with Crippen molar-refractivity contribution in [2.24, 2.45) is 0 Å². The molecule has 3 atom stereocenters. The molecule has 6 heteroatoms. The summed E-state index contributed by atoms with van der Waals surface area (Å²) in [6.07, 6.45) is 61.7. The van der Waals surface area contributed by atoms with Gasteiger partial charge in [0.2, 0.25) is 5.91 Å². The SMILES string of the molecule is CCCCC/C=C\C/C=C\C/C=C\CCCCCCCCC(=O)OC(CCCCCCC/C=C\CCCCCC)CC(=O)NC(CO)C(O)CCCCCCCCCCCCCC. The normalized spacial score (nSPS) is 13.5. The van der Waals surface area contributed by atoms with Crippen molar-refractivity contribution in [3.05, 3.63) is 48.6 Å². The number of nitrogens with one attached hydrogen (secondary N) is 1. The summed E-state index contributed by atoms with van der Waals surface area (Å²) >= 11 is 0. The Hall–Kier alpha value is -2.18. The van der Waals surface area contributed by atoms with Crippen LogP contribution in [0.1, 0.15) is 278 Å². The molecule has 0 aromatic rings. The molecule has 0 saturated heterocycles. The van der Waals surface area contributed by atoms with Crippen LogP contribution in [0.2, 0.25) is 0 Å². The van der Waals surface area contributed by atoms with Gasteiger partial charge in [-0.25, -0.2) is 0 Å². The van der Waals surface area contributed by atoms with E-state index >= 15 is 0 Å². The van der Waals surface area contributed by atoms with Gasteiger partial charge in [0.15, 0.2) is 0 Å². The number of carbonyl (C=O) groups excluding carboxylic acids is 2. The standard InChI is InChI=1S/C57H105NO5/c1-4-7-10-13-16-19-22-25-26-27-28-29-30-32-35-38-41-44-47-50-57(62)63-53(48-45-42-39-36-33-31-23-20-17-14-11-8-5-2)51-56(61)58-54(52-59)55(60)49-46-43-40-37-34-24-21-18-15-12-9-6-3/h16,19-20,23,25-26,28-29,53-55,59-60H,4-15,17-18,21-22,24,27,30-52H2,1-3H3,(H,58,61)/b19-16-,23-20-,26-25-,29-28-. The van der Waals surface area contributed by atoms with Gasteiger partial charge in [-0.3, -0.25) is 9.59 Å². The zero-order valence-corrected chi connectivity index (χ0v) is 42.0. The molecule has 0 aromatic heterocycles. The third-order valence-electron chi connectivity index (χ3n) is 12.4. The number of hydrogen-bond acceptors (Lipinski definition) is 5. The Morgan fingerprint density at radius 1 is 0.460 bits per heavy atom. The summed E-state index contributed by atoms with van der Waals surface area (Å²) in [5, 5.41) is 23.8. The van der Waals surface area contributed by atoms with Crippen LogP contribution in [-0.2, 0) is 14.3 Å². The summed E-state index contributed by atoms with van der Waals surface area (Å²) in [6.45, 7) is 6.45. The number of rotatable bonds is 49. The Kier molecular flexibility index (Phi) is 49.1. The van der Waals surface area contributed by atoms with Crippen LogP contribution in [0, 0.1) is 0 Å². The number of hydrogen-bond donors (Lipinski definition) is 3. The lowest BCUT2D eigenvalue weighted by molar-refractivity contribution is -0.151. The highest BCUT2D eigenvalue weighted by molar-refractivity contribution is 5.77. The third-order valence-corrected chi connectivity index (χ3v) is 12.4. The van der Waals surface area contributed by atoms with Crippen molar-refractivity contribution in [3.8, 4) is 0 Å². The summed E-state index contributed by atoms with van der Waals surface area (Å²) in [7, 11) is 0. The number of aliphatic hydroxyl groups is 2. The Morgan fingerprint density at radius 2 is 0.810 bits per heavy atom. The summed E-state index contributed by atoms with van der Waals surface area (Å²) < 4.78 is 5.94. The lowest BCUT2D eigenvalue weighted by Crippen LogP contribution is -2.46. The predicted molar refractivity (Wildman–Crippen MR) is 273 cm³/mol. The fourth-order valence-corrected chi connectivity index (χ4v) is 8.20. The first kappa shape index (κ1) is 60.8. The Balaban J connectivity index is 4.56. The van der Waals surface area contributed by atoms with Crippen molar-refractivity contribution in [3.63, 3.8) is 0 Å². The number of unbranched alkanes of at least 4 members (excludes halogenated alkanes) is 29. The molecule has 0 aliphatic carbocycles. The quantitative estimate of drug-likeness (QED) is 0.0321. The molecular formula is C57H105NO5. The van der Waals surface area contributed by atoms with E-state index in [4.69, 9.17) is 4.74 Å². The van der Waals surface area contributed by atoms with Crippen molar-refractivity contribution < 1.29 is 24.5 Å². The van der Waals surface area contributed by atoms with E-state index in [2.05, 4.69) is 74.7 Å². The highest BCUT2D eigenvalue weighted by atomic mass is 16.5. The molecule has 0 aliphatic rings. The Bertz CT molecular complexity index is 1080. The molecular weight excluding hydrogens is 779 g/mol. The highest BCUT2D eigenvalue weighted by Crippen LogP contribution is 2.18. The number of amides is 1. The molecule has 0 aromatic carbocycles. The zero-order chi connectivity index (χ0) is 45.9. The van der Waals surface area contributed by atoms with Crippen LogP contribution in [0.5, 0.6) is 0 Å². The minimum atomic E-state index is -0.791. The number of carbonyl (C=O) groups is 2. The molecule has 0 rings (SSSR count). The van der Waals surface area contributed by atoms with Crippen LogP contribution < -0.4 is 5.32 Å². The molecule has 63 heavy (non-hydrogen) atoms.